The molecule has 1 aromatic carbocycles. The SMILES string of the molecule is COC(=O)[C@@H]1[C@H](O)c2c(OC)cc(C)cc2[C@@H]2[C@@H](C(C)C)CC[C@@]12C. The molecule has 0 heterocycles. The van der Waals surface area contributed by atoms with Crippen LogP contribution in [0.3, 0.4) is 0 Å². The van der Waals surface area contributed by atoms with E-state index in [2.05, 4.69) is 33.8 Å². The standard InChI is InChI=1S/C21H30O4/c1-11(2)13-7-8-21(4)17(13)14-9-12(3)10-15(24-5)16(14)19(22)18(21)20(23)25-6/h9-11,13,17-19,22H,7-8H2,1-6H3/t13-,17+,18+,19-,21-/m1/s1. The summed E-state index contributed by atoms with van der Waals surface area (Å²) in [5.74, 6) is 1.01. The second-order valence-corrected chi connectivity index (χ2v) is 8.35. The molecule has 0 aromatic heterocycles. The third-order valence-electron chi connectivity index (χ3n) is 6.66. The van der Waals surface area contributed by atoms with Gasteiger partial charge in [-0.25, -0.2) is 0 Å². The van der Waals surface area contributed by atoms with Crippen LogP contribution in [-0.4, -0.2) is 25.3 Å². The number of fused-ring (bicyclic) bond motifs is 3. The van der Waals surface area contributed by atoms with Gasteiger partial charge in [0.05, 0.1) is 26.2 Å². The summed E-state index contributed by atoms with van der Waals surface area (Å²) in [7, 11) is 3.03. The summed E-state index contributed by atoms with van der Waals surface area (Å²) in [5, 5.41) is 11.2. The monoisotopic (exact) mass is 346 g/mol. The van der Waals surface area contributed by atoms with E-state index in [1.54, 1.807) is 7.11 Å². The number of rotatable bonds is 3. The number of ether oxygens (including phenoxy) is 2. The van der Waals surface area contributed by atoms with Crippen LogP contribution in [0.4, 0.5) is 0 Å². The maximum Gasteiger partial charge on any atom is 0.312 e. The molecule has 0 bridgehead atoms. The Morgan fingerprint density at radius 2 is 2.00 bits per heavy atom. The highest BCUT2D eigenvalue weighted by Gasteiger charge is 2.60. The molecule has 25 heavy (non-hydrogen) atoms. The third-order valence-corrected chi connectivity index (χ3v) is 6.66. The number of methoxy groups -OCH3 is 2. The third kappa shape index (κ3) is 2.57. The van der Waals surface area contributed by atoms with Crippen molar-refractivity contribution in [3.63, 3.8) is 0 Å². The van der Waals surface area contributed by atoms with Crippen molar-refractivity contribution < 1.29 is 19.4 Å². The molecule has 138 valence electrons. The fraction of sp³-hybridized carbons (Fsp3) is 0.667. The average Bonchev–Trinajstić information content (AvgIpc) is 2.91. The van der Waals surface area contributed by atoms with Crippen LogP contribution < -0.4 is 4.74 Å². The first-order valence-corrected chi connectivity index (χ1v) is 9.20. The van der Waals surface area contributed by atoms with Gasteiger partial charge in [-0.1, -0.05) is 26.8 Å². The first kappa shape index (κ1) is 18.2. The number of aryl methyl sites for hydroxylation is 1. The predicted octanol–water partition coefficient (Wildman–Crippen LogP) is 4.00. The summed E-state index contributed by atoms with van der Waals surface area (Å²) in [6.07, 6.45) is 1.09. The Balaban J connectivity index is 2.28. The molecule has 5 atom stereocenters. The van der Waals surface area contributed by atoms with Gasteiger partial charge >= 0.3 is 5.97 Å². The molecule has 0 spiro atoms. The van der Waals surface area contributed by atoms with Crippen LogP contribution in [-0.2, 0) is 9.53 Å². The number of aliphatic hydroxyl groups is 1. The van der Waals surface area contributed by atoms with Gasteiger partial charge in [0.15, 0.2) is 0 Å². The van der Waals surface area contributed by atoms with Gasteiger partial charge in [-0.2, -0.15) is 0 Å². The molecule has 2 aliphatic rings. The van der Waals surface area contributed by atoms with Crippen LogP contribution in [0.5, 0.6) is 5.75 Å². The van der Waals surface area contributed by atoms with Gasteiger partial charge in [-0.15, -0.1) is 0 Å². The molecule has 1 N–H and O–H groups in total. The largest absolute Gasteiger partial charge is 0.496 e. The minimum Gasteiger partial charge on any atom is -0.496 e. The Morgan fingerprint density at radius 3 is 2.56 bits per heavy atom. The van der Waals surface area contributed by atoms with E-state index in [0.717, 1.165) is 29.5 Å². The van der Waals surface area contributed by atoms with Crippen LogP contribution in [0, 0.1) is 30.1 Å². The second-order valence-electron chi connectivity index (χ2n) is 8.35. The second kappa shape index (κ2) is 6.31. The molecule has 0 aliphatic heterocycles. The molecule has 0 saturated heterocycles. The number of esters is 1. The molecular weight excluding hydrogens is 316 g/mol. The van der Waals surface area contributed by atoms with Gasteiger partial charge in [0.2, 0.25) is 0 Å². The number of carbonyl (C=O) groups excluding carboxylic acids is 1. The molecule has 1 fully saturated rings. The lowest BCUT2D eigenvalue weighted by Gasteiger charge is -2.48. The zero-order valence-electron chi connectivity index (χ0n) is 16.1. The Morgan fingerprint density at radius 1 is 1.32 bits per heavy atom. The van der Waals surface area contributed by atoms with E-state index in [-0.39, 0.29) is 17.3 Å². The number of carbonyl (C=O) groups is 1. The molecule has 0 radical (unpaired) electrons. The molecule has 1 aromatic rings. The summed E-state index contributed by atoms with van der Waals surface area (Å²) >= 11 is 0. The summed E-state index contributed by atoms with van der Waals surface area (Å²) in [5.41, 5.74) is 2.76. The van der Waals surface area contributed by atoms with Crippen LogP contribution in [0.2, 0.25) is 0 Å². The lowest BCUT2D eigenvalue weighted by atomic mass is 9.57. The van der Waals surface area contributed by atoms with E-state index in [9.17, 15) is 9.90 Å². The van der Waals surface area contributed by atoms with E-state index in [4.69, 9.17) is 9.47 Å². The first-order valence-electron chi connectivity index (χ1n) is 9.20. The summed E-state index contributed by atoms with van der Waals surface area (Å²) in [4.78, 5) is 12.7. The van der Waals surface area contributed by atoms with E-state index in [1.165, 1.54) is 7.11 Å². The summed E-state index contributed by atoms with van der Waals surface area (Å²) < 4.78 is 10.7. The van der Waals surface area contributed by atoms with Crippen molar-refractivity contribution >= 4 is 5.97 Å². The Hall–Kier alpha value is -1.55. The smallest absolute Gasteiger partial charge is 0.312 e. The van der Waals surface area contributed by atoms with Crippen LogP contribution in [0.15, 0.2) is 12.1 Å². The highest BCUT2D eigenvalue weighted by molar-refractivity contribution is 5.76. The van der Waals surface area contributed by atoms with E-state index in [1.807, 2.05) is 6.07 Å². The van der Waals surface area contributed by atoms with Crippen LogP contribution in [0.1, 0.15) is 62.3 Å². The highest BCUT2D eigenvalue weighted by Crippen LogP contribution is 2.65. The minimum absolute atomic E-state index is 0.226. The van der Waals surface area contributed by atoms with E-state index >= 15 is 0 Å². The number of aliphatic hydroxyl groups excluding tert-OH is 1. The lowest BCUT2D eigenvalue weighted by molar-refractivity contribution is -0.159. The average molecular weight is 346 g/mol. The van der Waals surface area contributed by atoms with Crippen LogP contribution >= 0.6 is 0 Å². The molecule has 3 rings (SSSR count). The Kier molecular flexibility index (Phi) is 4.61. The van der Waals surface area contributed by atoms with Crippen molar-refractivity contribution in [3.05, 3.63) is 28.8 Å². The number of hydrogen-bond donors (Lipinski definition) is 1. The van der Waals surface area contributed by atoms with Crippen molar-refractivity contribution in [1.29, 1.82) is 0 Å². The molecule has 0 amide bonds. The topological polar surface area (TPSA) is 55.8 Å². The van der Waals surface area contributed by atoms with Crippen LogP contribution in [0.25, 0.3) is 0 Å². The summed E-state index contributed by atoms with van der Waals surface area (Å²) in [6, 6.07) is 4.12. The minimum atomic E-state index is -0.898. The number of hydrogen-bond acceptors (Lipinski definition) is 4. The van der Waals surface area contributed by atoms with Crippen molar-refractivity contribution in [2.24, 2.45) is 23.2 Å². The van der Waals surface area contributed by atoms with E-state index in [0.29, 0.717) is 17.6 Å². The zero-order chi connectivity index (χ0) is 18.5. The van der Waals surface area contributed by atoms with Gasteiger partial charge in [0.1, 0.15) is 5.75 Å². The molecule has 4 nitrogen and oxygen atoms in total. The maximum atomic E-state index is 12.7. The Bertz CT molecular complexity index is 681. The van der Waals surface area contributed by atoms with Gasteiger partial charge in [0, 0.05) is 5.56 Å². The van der Waals surface area contributed by atoms with Crippen molar-refractivity contribution in [1.82, 2.24) is 0 Å². The zero-order valence-corrected chi connectivity index (χ0v) is 16.1. The summed E-state index contributed by atoms with van der Waals surface area (Å²) in [6.45, 7) is 8.71. The maximum absolute atomic E-state index is 12.7. The number of benzene rings is 1. The molecule has 4 heteroatoms. The van der Waals surface area contributed by atoms with E-state index < -0.39 is 12.0 Å². The first-order chi connectivity index (χ1) is 11.8. The molecule has 1 saturated carbocycles. The predicted molar refractivity (Wildman–Crippen MR) is 96.6 cm³/mol. The lowest BCUT2D eigenvalue weighted by Crippen LogP contribution is -2.45. The fourth-order valence-corrected chi connectivity index (χ4v) is 5.53. The Labute approximate surface area is 150 Å². The quantitative estimate of drug-likeness (QED) is 0.841. The van der Waals surface area contributed by atoms with Gasteiger partial charge < -0.3 is 14.6 Å². The van der Waals surface area contributed by atoms with Gasteiger partial charge in [-0.05, 0) is 60.1 Å². The van der Waals surface area contributed by atoms with Crippen molar-refractivity contribution in [2.75, 3.05) is 14.2 Å². The van der Waals surface area contributed by atoms with Crippen molar-refractivity contribution in [2.45, 2.75) is 52.6 Å². The highest BCUT2D eigenvalue weighted by atomic mass is 16.5. The van der Waals surface area contributed by atoms with Gasteiger partial charge in [-0.3, -0.25) is 4.79 Å². The molecular formula is C21H30O4. The normalized spacial score (nSPS) is 33.8. The fourth-order valence-electron chi connectivity index (χ4n) is 5.53. The van der Waals surface area contributed by atoms with Gasteiger partial charge in [0.25, 0.3) is 0 Å². The molecule has 0 unspecified atom stereocenters. The van der Waals surface area contributed by atoms with Crippen molar-refractivity contribution in [3.8, 4) is 5.75 Å². The molecule has 2 aliphatic carbocycles.